The summed E-state index contributed by atoms with van der Waals surface area (Å²) in [5.74, 6) is 0.201. The van der Waals surface area contributed by atoms with Crippen LogP contribution in [0, 0.1) is 12.7 Å². The van der Waals surface area contributed by atoms with Gasteiger partial charge in [0.2, 0.25) is 0 Å². The van der Waals surface area contributed by atoms with Crippen molar-refractivity contribution >= 4 is 10.9 Å². The SMILES string of the molecule is Cc1nc2cccc(-c3cnn(C)c3)c2c(=O)n1-c1ccc(F)cc1. The van der Waals surface area contributed by atoms with Gasteiger partial charge in [0, 0.05) is 18.8 Å². The summed E-state index contributed by atoms with van der Waals surface area (Å²) >= 11 is 0. The third kappa shape index (κ3) is 2.52. The van der Waals surface area contributed by atoms with Gasteiger partial charge in [-0.15, -0.1) is 0 Å². The maximum atomic E-state index is 13.2. The summed E-state index contributed by atoms with van der Waals surface area (Å²) in [5.41, 5.74) is 2.65. The number of rotatable bonds is 2. The lowest BCUT2D eigenvalue weighted by atomic mass is 10.0. The maximum Gasteiger partial charge on any atom is 0.266 e. The van der Waals surface area contributed by atoms with Crippen LogP contribution < -0.4 is 5.56 Å². The minimum Gasteiger partial charge on any atom is -0.275 e. The van der Waals surface area contributed by atoms with E-state index < -0.39 is 0 Å². The molecule has 2 aromatic heterocycles. The van der Waals surface area contributed by atoms with E-state index in [9.17, 15) is 9.18 Å². The number of benzene rings is 2. The van der Waals surface area contributed by atoms with Gasteiger partial charge in [0.1, 0.15) is 11.6 Å². The third-order valence-electron chi connectivity index (χ3n) is 4.17. The predicted molar refractivity (Wildman–Crippen MR) is 94.2 cm³/mol. The number of aromatic nitrogens is 4. The van der Waals surface area contributed by atoms with Crippen molar-refractivity contribution in [1.29, 1.82) is 0 Å². The lowest BCUT2D eigenvalue weighted by molar-refractivity contribution is 0.627. The quantitative estimate of drug-likeness (QED) is 0.565. The summed E-state index contributed by atoms with van der Waals surface area (Å²) in [6.07, 6.45) is 3.58. The second-order valence-corrected chi connectivity index (χ2v) is 5.88. The van der Waals surface area contributed by atoms with Crippen molar-refractivity contribution in [3.63, 3.8) is 0 Å². The van der Waals surface area contributed by atoms with Crippen LogP contribution in [-0.4, -0.2) is 19.3 Å². The summed E-state index contributed by atoms with van der Waals surface area (Å²) in [7, 11) is 1.83. The summed E-state index contributed by atoms with van der Waals surface area (Å²) in [6, 6.07) is 11.4. The normalized spacial score (nSPS) is 11.2. The van der Waals surface area contributed by atoms with Crippen LogP contribution >= 0.6 is 0 Å². The van der Waals surface area contributed by atoms with E-state index in [-0.39, 0.29) is 11.4 Å². The minimum atomic E-state index is -0.348. The van der Waals surface area contributed by atoms with Crippen molar-refractivity contribution in [3.8, 4) is 16.8 Å². The van der Waals surface area contributed by atoms with E-state index in [1.54, 1.807) is 29.9 Å². The van der Waals surface area contributed by atoms with Crippen molar-refractivity contribution in [2.24, 2.45) is 7.05 Å². The first-order valence-corrected chi connectivity index (χ1v) is 7.82. The second-order valence-electron chi connectivity index (χ2n) is 5.88. The van der Waals surface area contributed by atoms with Gasteiger partial charge < -0.3 is 0 Å². The Bertz CT molecular complexity index is 1140. The molecule has 0 amide bonds. The molecular formula is C19H15FN4O. The molecule has 5 nitrogen and oxygen atoms in total. The van der Waals surface area contributed by atoms with Gasteiger partial charge in [-0.3, -0.25) is 14.0 Å². The fourth-order valence-corrected chi connectivity index (χ4v) is 3.04. The Kier molecular flexibility index (Phi) is 3.46. The van der Waals surface area contributed by atoms with Crippen LogP contribution in [0.25, 0.3) is 27.7 Å². The highest BCUT2D eigenvalue weighted by Crippen LogP contribution is 2.25. The molecule has 0 radical (unpaired) electrons. The molecule has 124 valence electrons. The zero-order valence-corrected chi connectivity index (χ0v) is 13.8. The Hall–Kier alpha value is -3.28. The Morgan fingerprint density at radius 2 is 1.84 bits per heavy atom. The van der Waals surface area contributed by atoms with Crippen LogP contribution in [0.5, 0.6) is 0 Å². The van der Waals surface area contributed by atoms with E-state index in [0.717, 1.165) is 11.1 Å². The van der Waals surface area contributed by atoms with Crippen molar-refractivity contribution in [3.05, 3.63) is 76.9 Å². The van der Waals surface area contributed by atoms with Gasteiger partial charge in [-0.05, 0) is 42.8 Å². The Morgan fingerprint density at radius 1 is 1.08 bits per heavy atom. The summed E-state index contributed by atoms with van der Waals surface area (Å²) < 4.78 is 16.4. The van der Waals surface area contributed by atoms with Gasteiger partial charge in [0.25, 0.3) is 5.56 Å². The predicted octanol–water partition coefficient (Wildman–Crippen LogP) is 3.23. The molecule has 0 fully saturated rings. The number of hydrogen-bond acceptors (Lipinski definition) is 3. The van der Waals surface area contributed by atoms with Gasteiger partial charge in [-0.25, -0.2) is 9.37 Å². The molecule has 25 heavy (non-hydrogen) atoms. The molecule has 4 rings (SSSR count). The van der Waals surface area contributed by atoms with Crippen molar-refractivity contribution < 1.29 is 4.39 Å². The monoisotopic (exact) mass is 334 g/mol. The molecule has 2 aromatic carbocycles. The Morgan fingerprint density at radius 3 is 2.52 bits per heavy atom. The van der Waals surface area contributed by atoms with Gasteiger partial charge in [-0.2, -0.15) is 5.10 Å². The van der Waals surface area contributed by atoms with E-state index in [4.69, 9.17) is 0 Å². The lowest BCUT2D eigenvalue weighted by Gasteiger charge is -2.12. The second kappa shape index (κ2) is 5.66. The van der Waals surface area contributed by atoms with Crippen LogP contribution in [0.3, 0.4) is 0 Å². The number of aryl methyl sites for hydroxylation is 2. The first-order chi connectivity index (χ1) is 12.0. The Labute approximate surface area is 143 Å². The summed E-state index contributed by atoms with van der Waals surface area (Å²) in [5, 5.41) is 4.70. The van der Waals surface area contributed by atoms with Gasteiger partial charge in [0.05, 0.1) is 22.8 Å². The van der Waals surface area contributed by atoms with Crippen molar-refractivity contribution in [2.75, 3.05) is 0 Å². The van der Waals surface area contributed by atoms with Gasteiger partial charge >= 0.3 is 0 Å². The van der Waals surface area contributed by atoms with E-state index in [2.05, 4.69) is 10.1 Å². The molecule has 6 heteroatoms. The van der Waals surface area contributed by atoms with Crippen LogP contribution in [0.4, 0.5) is 4.39 Å². The van der Waals surface area contributed by atoms with E-state index >= 15 is 0 Å². The summed E-state index contributed by atoms with van der Waals surface area (Å²) in [6.45, 7) is 1.76. The average Bonchev–Trinajstić information content (AvgIpc) is 3.02. The standard InChI is InChI=1S/C19H15FN4O/c1-12-22-17-5-3-4-16(13-10-21-23(2)11-13)18(17)19(25)24(12)15-8-6-14(20)7-9-15/h3-11H,1-2H3. The number of fused-ring (bicyclic) bond motifs is 1. The highest BCUT2D eigenvalue weighted by molar-refractivity contribution is 5.93. The average molecular weight is 334 g/mol. The van der Waals surface area contributed by atoms with Gasteiger partial charge in [0.15, 0.2) is 0 Å². The number of halogens is 1. The van der Waals surface area contributed by atoms with E-state index in [0.29, 0.717) is 22.4 Å². The van der Waals surface area contributed by atoms with Crippen molar-refractivity contribution in [1.82, 2.24) is 19.3 Å². The molecule has 0 atom stereocenters. The largest absolute Gasteiger partial charge is 0.275 e. The van der Waals surface area contributed by atoms with Crippen molar-refractivity contribution in [2.45, 2.75) is 6.92 Å². The molecule has 2 heterocycles. The number of hydrogen-bond donors (Lipinski definition) is 0. The molecule has 0 saturated carbocycles. The Balaban J connectivity index is 2.06. The first-order valence-electron chi connectivity index (χ1n) is 7.82. The lowest BCUT2D eigenvalue weighted by Crippen LogP contribution is -2.22. The fourth-order valence-electron chi connectivity index (χ4n) is 3.04. The van der Waals surface area contributed by atoms with Crippen LogP contribution in [0.1, 0.15) is 5.82 Å². The van der Waals surface area contributed by atoms with Crippen LogP contribution in [0.2, 0.25) is 0 Å². The maximum absolute atomic E-state index is 13.2. The fraction of sp³-hybridized carbons (Fsp3) is 0.105. The first kappa shape index (κ1) is 15.3. The molecule has 0 N–H and O–H groups in total. The highest BCUT2D eigenvalue weighted by Gasteiger charge is 2.15. The van der Waals surface area contributed by atoms with E-state index in [1.165, 1.54) is 16.7 Å². The smallest absolute Gasteiger partial charge is 0.266 e. The zero-order chi connectivity index (χ0) is 17.6. The molecule has 0 aliphatic carbocycles. The molecule has 0 saturated heterocycles. The van der Waals surface area contributed by atoms with Crippen LogP contribution in [-0.2, 0) is 7.05 Å². The molecule has 0 aliphatic heterocycles. The zero-order valence-electron chi connectivity index (χ0n) is 13.8. The van der Waals surface area contributed by atoms with E-state index in [1.807, 2.05) is 31.4 Å². The molecule has 0 spiro atoms. The van der Waals surface area contributed by atoms with Gasteiger partial charge in [-0.1, -0.05) is 12.1 Å². The molecule has 4 aromatic rings. The molecule has 0 aliphatic rings. The highest BCUT2D eigenvalue weighted by atomic mass is 19.1. The third-order valence-corrected chi connectivity index (χ3v) is 4.17. The molecular weight excluding hydrogens is 319 g/mol. The topological polar surface area (TPSA) is 52.7 Å². The molecule has 0 unspecified atom stereocenters. The summed E-state index contributed by atoms with van der Waals surface area (Å²) in [4.78, 5) is 17.8. The molecule has 0 bridgehead atoms. The minimum absolute atomic E-state index is 0.187. The van der Waals surface area contributed by atoms with Crippen LogP contribution in [0.15, 0.2) is 59.7 Å². The number of nitrogens with zero attached hydrogens (tertiary/aromatic N) is 4.